The summed E-state index contributed by atoms with van der Waals surface area (Å²) in [6.07, 6.45) is 1.34. The van der Waals surface area contributed by atoms with Crippen molar-refractivity contribution in [2.24, 2.45) is 5.10 Å². The van der Waals surface area contributed by atoms with Gasteiger partial charge in [0.15, 0.2) is 11.5 Å². The lowest BCUT2D eigenvalue weighted by Gasteiger charge is -2.15. The molecule has 0 aliphatic heterocycles. The highest BCUT2D eigenvalue weighted by Crippen LogP contribution is 2.37. The molecule has 0 aliphatic carbocycles. The first-order chi connectivity index (χ1) is 17.8. The standard InChI is InChI=1S/C26H24BrClFN3O5/c1-3-35-22-11-6-5-10-21(22)31-25(33)26(34)32-30-14-16-12-18(27)24(23(13-16)36-4-2)37-15-17-19(28)8-7-9-20(17)29/h5-14H,3-4,15H2,1-2H3,(H,31,33)(H,32,34)/b30-14+. The van der Waals surface area contributed by atoms with Crippen LogP contribution in [-0.4, -0.2) is 31.2 Å². The Morgan fingerprint density at radius 2 is 1.73 bits per heavy atom. The molecule has 0 atom stereocenters. The van der Waals surface area contributed by atoms with E-state index in [9.17, 15) is 14.0 Å². The van der Waals surface area contributed by atoms with Crippen molar-refractivity contribution in [2.75, 3.05) is 18.5 Å². The van der Waals surface area contributed by atoms with Crippen molar-refractivity contribution in [3.05, 3.63) is 81.0 Å². The molecule has 0 aromatic heterocycles. The minimum Gasteiger partial charge on any atom is -0.492 e. The van der Waals surface area contributed by atoms with Crippen molar-refractivity contribution in [1.82, 2.24) is 5.43 Å². The molecular formula is C26H24BrClFN3O5. The fourth-order valence-corrected chi connectivity index (χ4v) is 3.92. The number of hydrogen-bond acceptors (Lipinski definition) is 6. The Hall–Kier alpha value is -3.63. The van der Waals surface area contributed by atoms with E-state index in [2.05, 4.69) is 31.8 Å². The largest absolute Gasteiger partial charge is 0.492 e. The number of hydrogen-bond donors (Lipinski definition) is 2. The molecule has 8 nitrogen and oxygen atoms in total. The predicted octanol–water partition coefficient (Wildman–Crippen LogP) is 5.71. The topological polar surface area (TPSA) is 98.2 Å². The fraction of sp³-hybridized carbons (Fsp3) is 0.192. The molecule has 37 heavy (non-hydrogen) atoms. The van der Waals surface area contributed by atoms with Gasteiger partial charge in [-0.1, -0.05) is 29.8 Å². The Labute approximate surface area is 226 Å². The molecule has 2 N–H and O–H groups in total. The second-order valence-corrected chi connectivity index (χ2v) is 8.60. The van der Waals surface area contributed by atoms with E-state index in [0.717, 1.165) is 0 Å². The van der Waals surface area contributed by atoms with Crippen molar-refractivity contribution in [2.45, 2.75) is 20.5 Å². The van der Waals surface area contributed by atoms with Crippen LogP contribution >= 0.6 is 27.5 Å². The molecule has 3 rings (SSSR count). The van der Waals surface area contributed by atoms with E-state index in [1.54, 1.807) is 49.4 Å². The number of para-hydroxylation sites is 2. The zero-order valence-corrected chi connectivity index (χ0v) is 22.4. The lowest BCUT2D eigenvalue weighted by atomic mass is 10.2. The van der Waals surface area contributed by atoms with Gasteiger partial charge in [0.25, 0.3) is 0 Å². The highest BCUT2D eigenvalue weighted by atomic mass is 79.9. The van der Waals surface area contributed by atoms with E-state index in [-0.39, 0.29) is 17.2 Å². The van der Waals surface area contributed by atoms with Crippen LogP contribution in [0.5, 0.6) is 17.2 Å². The lowest BCUT2D eigenvalue weighted by Crippen LogP contribution is -2.32. The van der Waals surface area contributed by atoms with Gasteiger partial charge in [-0.25, -0.2) is 9.82 Å². The van der Waals surface area contributed by atoms with Gasteiger partial charge in [-0.3, -0.25) is 9.59 Å². The number of carbonyl (C=O) groups is 2. The van der Waals surface area contributed by atoms with Crippen LogP contribution in [-0.2, 0) is 16.2 Å². The second-order valence-electron chi connectivity index (χ2n) is 7.33. The van der Waals surface area contributed by atoms with E-state index < -0.39 is 17.6 Å². The van der Waals surface area contributed by atoms with Crippen LogP contribution in [0.2, 0.25) is 5.02 Å². The number of anilines is 1. The number of halogens is 3. The molecule has 0 unspecified atom stereocenters. The average molecular weight is 593 g/mol. The molecule has 0 fully saturated rings. The first-order valence-corrected chi connectivity index (χ1v) is 12.4. The number of nitrogens with one attached hydrogen (secondary N) is 2. The van der Waals surface area contributed by atoms with Crippen LogP contribution in [0.25, 0.3) is 0 Å². The van der Waals surface area contributed by atoms with Crippen LogP contribution in [0.15, 0.2) is 64.2 Å². The number of amides is 2. The van der Waals surface area contributed by atoms with E-state index in [1.165, 1.54) is 18.3 Å². The van der Waals surface area contributed by atoms with Crippen molar-refractivity contribution in [1.29, 1.82) is 0 Å². The number of hydrazone groups is 1. The molecule has 0 bridgehead atoms. The molecule has 0 saturated heterocycles. The van der Waals surface area contributed by atoms with Gasteiger partial charge in [-0.05, 0) is 71.7 Å². The summed E-state index contributed by atoms with van der Waals surface area (Å²) in [6.45, 7) is 4.24. The third-order valence-corrected chi connectivity index (χ3v) is 5.72. The Bertz CT molecular complexity index is 1280. The van der Waals surface area contributed by atoms with E-state index in [0.29, 0.717) is 46.2 Å². The summed E-state index contributed by atoms with van der Waals surface area (Å²) in [6, 6.07) is 14.4. The lowest BCUT2D eigenvalue weighted by molar-refractivity contribution is -0.136. The maximum absolute atomic E-state index is 14.1. The zero-order chi connectivity index (χ0) is 26.8. The Kier molecular flexibility index (Phi) is 10.3. The van der Waals surface area contributed by atoms with E-state index in [1.807, 2.05) is 6.92 Å². The molecule has 0 saturated carbocycles. The summed E-state index contributed by atoms with van der Waals surface area (Å²) >= 11 is 9.51. The van der Waals surface area contributed by atoms with Crippen LogP contribution < -0.4 is 25.0 Å². The molecular weight excluding hydrogens is 569 g/mol. The maximum Gasteiger partial charge on any atom is 0.329 e. The van der Waals surface area contributed by atoms with E-state index in [4.69, 9.17) is 25.8 Å². The van der Waals surface area contributed by atoms with Gasteiger partial charge in [-0.15, -0.1) is 0 Å². The Balaban J connectivity index is 1.68. The first-order valence-electron chi connectivity index (χ1n) is 11.2. The highest BCUT2D eigenvalue weighted by Gasteiger charge is 2.17. The molecule has 0 aliphatic rings. The Morgan fingerprint density at radius 3 is 2.46 bits per heavy atom. The predicted molar refractivity (Wildman–Crippen MR) is 143 cm³/mol. The van der Waals surface area contributed by atoms with Gasteiger partial charge < -0.3 is 19.5 Å². The van der Waals surface area contributed by atoms with Crippen molar-refractivity contribution in [3.63, 3.8) is 0 Å². The Morgan fingerprint density at radius 1 is 1.00 bits per heavy atom. The third kappa shape index (κ3) is 7.68. The van der Waals surface area contributed by atoms with Crippen LogP contribution in [0.1, 0.15) is 25.0 Å². The average Bonchev–Trinajstić information content (AvgIpc) is 2.86. The third-order valence-electron chi connectivity index (χ3n) is 4.78. The normalized spacial score (nSPS) is 10.7. The van der Waals surface area contributed by atoms with Crippen LogP contribution in [0, 0.1) is 5.82 Å². The van der Waals surface area contributed by atoms with Crippen molar-refractivity contribution >= 4 is 51.2 Å². The summed E-state index contributed by atoms with van der Waals surface area (Å²) in [5.41, 5.74) is 3.30. The minimum atomic E-state index is -0.964. The molecule has 194 valence electrons. The van der Waals surface area contributed by atoms with Crippen molar-refractivity contribution < 1.29 is 28.2 Å². The summed E-state index contributed by atoms with van der Waals surface area (Å²) in [7, 11) is 0. The van der Waals surface area contributed by atoms with E-state index >= 15 is 0 Å². The minimum absolute atomic E-state index is 0.116. The number of ether oxygens (including phenoxy) is 3. The van der Waals surface area contributed by atoms with Crippen LogP contribution in [0.4, 0.5) is 10.1 Å². The molecule has 0 radical (unpaired) electrons. The quantitative estimate of drug-likeness (QED) is 0.179. The molecule has 3 aromatic rings. The number of benzene rings is 3. The number of carbonyl (C=O) groups excluding carboxylic acids is 2. The van der Waals surface area contributed by atoms with Gasteiger partial charge in [-0.2, -0.15) is 5.10 Å². The van der Waals surface area contributed by atoms with Crippen molar-refractivity contribution in [3.8, 4) is 17.2 Å². The summed E-state index contributed by atoms with van der Waals surface area (Å²) in [5, 5.41) is 6.59. The maximum atomic E-state index is 14.1. The monoisotopic (exact) mass is 591 g/mol. The zero-order valence-electron chi connectivity index (χ0n) is 20.0. The SMILES string of the molecule is CCOc1ccccc1NC(=O)C(=O)N/N=C/c1cc(Br)c(OCc2c(F)cccc2Cl)c(OCC)c1. The molecule has 11 heteroatoms. The van der Waals surface area contributed by atoms with Gasteiger partial charge in [0.05, 0.1) is 34.6 Å². The fourth-order valence-electron chi connectivity index (χ4n) is 3.13. The molecule has 3 aromatic carbocycles. The summed E-state index contributed by atoms with van der Waals surface area (Å²) in [4.78, 5) is 24.5. The van der Waals surface area contributed by atoms with Crippen LogP contribution in [0.3, 0.4) is 0 Å². The summed E-state index contributed by atoms with van der Waals surface area (Å²) < 4.78 is 31.5. The first kappa shape index (κ1) is 27.9. The number of rotatable bonds is 10. The number of nitrogens with zero attached hydrogens (tertiary/aromatic N) is 1. The molecule has 0 spiro atoms. The van der Waals surface area contributed by atoms with Gasteiger partial charge in [0.2, 0.25) is 0 Å². The second kappa shape index (κ2) is 13.6. The summed E-state index contributed by atoms with van der Waals surface area (Å²) in [5.74, 6) is -1.20. The molecule has 2 amide bonds. The molecule has 0 heterocycles. The highest BCUT2D eigenvalue weighted by molar-refractivity contribution is 9.10. The van der Waals surface area contributed by atoms with Gasteiger partial charge in [0.1, 0.15) is 18.2 Å². The van der Waals surface area contributed by atoms with Gasteiger partial charge in [0, 0.05) is 5.56 Å². The van der Waals surface area contributed by atoms with Gasteiger partial charge >= 0.3 is 11.8 Å². The smallest absolute Gasteiger partial charge is 0.329 e.